The number of pyridine rings is 1. The Morgan fingerprint density at radius 2 is 2.04 bits per heavy atom. The zero-order valence-corrected chi connectivity index (χ0v) is 15.7. The third-order valence-corrected chi connectivity index (χ3v) is 4.52. The van der Waals surface area contributed by atoms with E-state index in [-0.39, 0.29) is 12.3 Å². The number of nitrogens with zero attached hydrogens (tertiary/aromatic N) is 3. The highest BCUT2D eigenvalue weighted by Gasteiger charge is 2.15. The smallest absolute Gasteiger partial charge is 0.226 e. The maximum atomic E-state index is 12.4. The van der Waals surface area contributed by atoms with E-state index in [2.05, 4.69) is 15.3 Å². The minimum atomic E-state index is -0.134. The van der Waals surface area contributed by atoms with Crippen molar-refractivity contribution in [2.24, 2.45) is 0 Å². The number of hydrogen-bond acceptors (Lipinski definition) is 5. The summed E-state index contributed by atoms with van der Waals surface area (Å²) >= 11 is 0. The van der Waals surface area contributed by atoms with Crippen LogP contribution in [0.4, 0.5) is 0 Å². The Bertz CT molecular complexity index is 1110. The molecule has 0 aliphatic rings. The number of imidazole rings is 1. The zero-order valence-electron chi connectivity index (χ0n) is 15.7. The summed E-state index contributed by atoms with van der Waals surface area (Å²) in [5, 5.41) is 2.90. The Morgan fingerprint density at radius 1 is 1.21 bits per heavy atom. The molecule has 4 aromatic rings. The summed E-state index contributed by atoms with van der Waals surface area (Å²) in [7, 11) is 1.62. The van der Waals surface area contributed by atoms with E-state index in [9.17, 15) is 4.79 Å². The Labute approximate surface area is 162 Å². The number of rotatable bonds is 6. The van der Waals surface area contributed by atoms with Crippen LogP contribution in [0.3, 0.4) is 0 Å². The van der Waals surface area contributed by atoms with Crippen LogP contribution in [-0.4, -0.2) is 27.4 Å². The molecule has 0 saturated carbocycles. The molecule has 0 unspecified atom stereocenters. The molecular weight excluding hydrogens is 356 g/mol. The second-order valence-corrected chi connectivity index (χ2v) is 6.37. The number of carbonyl (C=O) groups is 1. The fraction of sp³-hybridized carbons (Fsp3) is 0.190. The molecule has 0 radical (unpaired) electrons. The van der Waals surface area contributed by atoms with Gasteiger partial charge in [0, 0.05) is 11.8 Å². The molecule has 142 valence electrons. The molecule has 3 heterocycles. The van der Waals surface area contributed by atoms with Crippen LogP contribution in [-0.2, 0) is 17.8 Å². The summed E-state index contributed by atoms with van der Waals surface area (Å²) in [4.78, 5) is 21.2. The van der Waals surface area contributed by atoms with Crippen molar-refractivity contribution in [3.05, 3.63) is 72.1 Å². The number of aromatic nitrogens is 3. The van der Waals surface area contributed by atoms with Crippen LogP contribution in [0, 0.1) is 6.92 Å². The molecule has 4 rings (SSSR count). The van der Waals surface area contributed by atoms with E-state index in [0.717, 1.165) is 22.7 Å². The number of benzene rings is 1. The normalized spacial score (nSPS) is 10.9. The lowest BCUT2D eigenvalue weighted by atomic mass is 10.2. The Hall–Kier alpha value is -3.61. The van der Waals surface area contributed by atoms with Crippen LogP contribution in [0.2, 0.25) is 0 Å². The van der Waals surface area contributed by atoms with Gasteiger partial charge in [0.25, 0.3) is 0 Å². The maximum absolute atomic E-state index is 12.4. The third kappa shape index (κ3) is 3.59. The van der Waals surface area contributed by atoms with E-state index in [1.54, 1.807) is 13.3 Å². The first-order valence-corrected chi connectivity index (χ1v) is 8.92. The van der Waals surface area contributed by atoms with E-state index < -0.39 is 0 Å². The number of fused-ring (bicyclic) bond motifs is 1. The van der Waals surface area contributed by atoms with Crippen molar-refractivity contribution in [1.29, 1.82) is 0 Å². The van der Waals surface area contributed by atoms with Crippen molar-refractivity contribution in [2.75, 3.05) is 7.11 Å². The molecule has 0 aliphatic heterocycles. The lowest BCUT2D eigenvalue weighted by Gasteiger charge is -2.04. The highest BCUT2D eigenvalue weighted by Crippen LogP contribution is 2.24. The fourth-order valence-electron chi connectivity index (χ4n) is 2.97. The molecular formula is C21H20N4O3. The monoisotopic (exact) mass is 376 g/mol. The molecule has 0 fully saturated rings. The minimum Gasteiger partial charge on any atom is -0.497 e. The highest BCUT2D eigenvalue weighted by molar-refractivity contribution is 5.78. The maximum Gasteiger partial charge on any atom is 0.226 e. The van der Waals surface area contributed by atoms with Gasteiger partial charge >= 0.3 is 0 Å². The number of carbonyl (C=O) groups excluding carboxylic acids is 1. The van der Waals surface area contributed by atoms with Gasteiger partial charge in [0.15, 0.2) is 0 Å². The van der Waals surface area contributed by atoms with E-state index in [0.29, 0.717) is 23.9 Å². The van der Waals surface area contributed by atoms with Crippen molar-refractivity contribution < 1.29 is 13.9 Å². The molecule has 7 heteroatoms. The lowest BCUT2D eigenvalue weighted by molar-refractivity contribution is -0.120. The molecule has 0 spiro atoms. The van der Waals surface area contributed by atoms with E-state index in [4.69, 9.17) is 9.15 Å². The van der Waals surface area contributed by atoms with Crippen LogP contribution < -0.4 is 10.1 Å². The molecule has 0 saturated heterocycles. The largest absolute Gasteiger partial charge is 0.497 e. The molecule has 1 amide bonds. The molecule has 3 aromatic heterocycles. The molecule has 0 bridgehead atoms. The first-order valence-electron chi connectivity index (χ1n) is 8.92. The summed E-state index contributed by atoms with van der Waals surface area (Å²) in [6, 6.07) is 13.3. The van der Waals surface area contributed by atoms with Crippen LogP contribution in [0.5, 0.6) is 5.75 Å². The summed E-state index contributed by atoms with van der Waals surface area (Å²) in [6.45, 7) is 2.16. The van der Waals surface area contributed by atoms with Gasteiger partial charge in [0.05, 0.1) is 37.5 Å². The second kappa shape index (κ2) is 7.56. The van der Waals surface area contributed by atoms with Crippen molar-refractivity contribution >= 4 is 11.4 Å². The van der Waals surface area contributed by atoms with Gasteiger partial charge in [-0.15, -0.1) is 0 Å². The van der Waals surface area contributed by atoms with Crippen LogP contribution in [0.1, 0.15) is 17.3 Å². The predicted octanol–water partition coefficient (Wildman–Crippen LogP) is 3.17. The minimum absolute atomic E-state index is 0.134. The van der Waals surface area contributed by atoms with Crippen molar-refractivity contribution in [1.82, 2.24) is 19.7 Å². The van der Waals surface area contributed by atoms with Crippen molar-refractivity contribution in [3.63, 3.8) is 0 Å². The zero-order chi connectivity index (χ0) is 19.5. The average Bonchev–Trinajstić information content (AvgIpc) is 3.30. The summed E-state index contributed by atoms with van der Waals surface area (Å²) < 4.78 is 12.8. The summed E-state index contributed by atoms with van der Waals surface area (Å²) in [5.41, 5.74) is 2.44. The SMILES string of the molecule is COc1ccc(-c2nc(CC(=O)NCc3ncc4ccccn34)c(C)o2)cc1. The predicted molar refractivity (Wildman–Crippen MR) is 104 cm³/mol. The van der Waals surface area contributed by atoms with E-state index in [1.807, 2.05) is 60.0 Å². The number of amides is 1. The molecule has 1 N–H and O–H groups in total. The number of hydrogen-bond donors (Lipinski definition) is 1. The molecule has 28 heavy (non-hydrogen) atoms. The van der Waals surface area contributed by atoms with Gasteiger partial charge in [-0.2, -0.15) is 0 Å². The van der Waals surface area contributed by atoms with Crippen LogP contribution in [0.15, 0.2) is 59.3 Å². The number of oxazole rings is 1. The van der Waals surface area contributed by atoms with E-state index >= 15 is 0 Å². The summed E-state index contributed by atoms with van der Waals surface area (Å²) in [6.07, 6.45) is 3.85. The average molecular weight is 376 g/mol. The van der Waals surface area contributed by atoms with Gasteiger partial charge in [-0.25, -0.2) is 9.97 Å². The van der Waals surface area contributed by atoms with Crippen LogP contribution in [0.25, 0.3) is 17.0 Å². The first-order chi connectivity index (χ1) is 13.6. The van der Waals surface area contributed by atoms with Gasteiger partial charge in [-0.3, -0.25) is 4.79 Å². The number of aryl methyl sites for hydroxylation is 1. The third-order valence-electron chi connectivity index (χ3n) is 4.52. The van der Waals surface area contributed by atoms with Gasteiger partial charge < -0.3 is 18.9 Å². The highest BCUT2D eigenvalue weighted by atomic mass is 16.5. The van der Waals surface area contributed by atoms with Crippen molar-refractivity contribution in [3.8, 4) is 17.2 Å². The van der Waals surface area contributed by atoms with Gasteiger partial charge in [-0.05, 0) is 43.3 Å². The number of nitrogens with one attached hydrogen (secondary N) is 1. The fourth-order valence-corrected chi connectivity index (χ4v) is 2.97. The molecule has 0 aliphatic carbocycles. The van der Waals surface area contributed by atoms with Gasteiger partial charge in [0.1, 0.15) is 17.3 Å². The Balaban J connectivity index is 1.42. The molecule has 7 nitrogen and oxygen atoms in total. The quantitative estimate of drug-likeness (QED) is 0.559. The standard InChI is InChI=1S/C21H20N4O3/c1-14-18(24-21(28-14)15-6-8-17(27-2)9-7-15)11-20(26)23-13-19-22-12-16-5-3-4-10-25(16)19/h3-10,12H,11,13H2,1-2H3,(H,23,26). The Morgan fingerprint density at radius 3 is 2.82 bits per heavy atom. The second-order valence-electron chi connectivity index (χ2n) is 6.37. The Kier molecular flexibility index (Phi) is 4.80. The first kappa shape index (κ1) is 17.8. The van der Waals surface area contributed by atoms with Gasteiger partial charge in [-0.1, -0.05) is 6.07 Å². The number of ether oxygens (including phenoxy) is 1. The lowest BCUT2D eigenvalue weighted by Crippen LogP contribution is -2.26. The van der Waals surface area contributed by atoms with Crippen molar-refractivity contribution in [2.45, 2.75) is 19.9 Å². The van der Waals surface area contributed by atoms with E-state index in [1.165, 1.54) is 0 Å². The topological polar surface area (TPSA) is 81.7 Å². The molecule has 1 aromatic carbocycles. The summed E-state index contributed by atoms with van der Waals surface area (Å²) in [5.74, 6) is 2.53. The van der Waals surface area contributed by atoms with Crippen LogP contribution >= 0.6 is 0 Å². The number of methoxy groups -OCH3 is 1. The molecule has 0 atom stereocenters. The van der Waals surface area contributed by atoms with Gasteiger partial charge in [0.2, 0.25) is 11.8 Å².